The van der Waals surface area contributed by atoms with Gasteiger partial charge in [0.05, 0.1) is 12.1 Å². The monoisotopic (exact) mass is 345 g/mol. The summed E-state index contributed by atoms with van der Waals surface area (Å²) < 4.78 is 0. The molecule has 128 valence electrons. The lowest BCUT2D eigenvalue weighted by molar-refractivity contribution is -0.0792. The second kappa shape index (κ2) is 5.30. The Bertz CT molecular complexity index is 1200. The van der Waals surface area contributed by atoms with Crippen molar-refractivity contribution in [2.45, 2.75) is 24.4 Å². The topological polar surface area (TPSA) is 109 Å². The first kappa shape index (κ1) is 15.4. The Morgan fingerprint density at radius 3 is 2.27 bits per heavy atom. The maximum atomic E-state index is 10.5. The van der Waals surface area contributed by atoms with Crippen molar-refractivity contribution < 1.29 is 15.3 Å². The minimum Gasteiger partial charge on any atom is -0.390 e. The Hall–Kier alpha value is -2.89. The van der Waals surface area contributed by atoms with Crippen LogP contribution in [-0.4, -0.2) is 27.5 Å². The average molecular weight is 345 g/mol. The molecular weight excluding hydrogens is 330 g/mol. The molecule has 0 saturated heterocycles. The van der Waals surface area contributed by atoms with Crippen LogP contribution in [0.3, 0.4) is 0 Å². The fourth-order valence-electron chi connectivity index (χ4n) is 4.34. The van der Waals surface area contributed by atoms with Crippen LogP contribution in [0.5, 0.6) is 0 Å². The number of nitrogens with zero attached hydrogens (tertiary/aromatic N) is 3. The van der Waals surface area contributed by atoms with Crippen molar-refractivity contribution in [1.82, 2.24) is 0 Å². The molecule has 6 heteroatoms. The van der Waals surface area contributed by atoms with Gasteiger partial charge in [0.15, 0.2) is 0 Å². The van der Waals surface area contributed by atoms with Gasteiger partial charge in [0.25, 0.3) is 0 Å². The normalized spacial score (nSPS) is 25.5. The highest BCUT2D eigenvalue weighted by molar-refractivity contribution is 6.23. The molecule has 0 amide bonds. The lowest BCUT2D eigenvalue weighted by Crippen LogP contribution is -2.41. The van der Waals surface area contributed by atoms with Crippen LogP contribution in [0.15, 0.2) is 53.6 Å². The molecule has 4 aromatic rings. The van der Waals surface area contributed by atoms with E-state index in [2.05, 4.69) is 10.0 Å². The van der Waals surface area contributed by atoms with E-state index in [1.54, 1.807) is 0 Å². The number of hydrogen-bond acceptors (Lipinski definition) is 4. The number of azide groups is 1. The highest BCUT2D eigenvalue weighted by Crippen LogP contribution is 2.46. The second-order valence-corrected chi connectivity index (χ2v) is 6.81. The van der Waals surface area contributed by atoms with Crippen LogP contribution in [0.1, 0.15) is 23.3 Å². The van der Waals surface area contributed by atoms with Crippen LogP contribution in [0.2, 0.25) is 0 Å². The van der Waals surface area contributed by atoms with E-state index in [0.29, 0.717) is 11.1 Å². The van der Waals surface area contributed by atoms with Gasteiger partial charge in [-0.15, -0.1) is 0 Å². The molecule has 0 bridgehead atoms. The predicted molar refractivity (Wildman–Crippen MR) is 99.0 cm³/mol. The molecule has 0 radical (unpaired) electrons. The Kier molecular flexibility index (Phi) is 3.13. The SMILES string of the molecule is [N-]=[N+]=N[C@H]1c2c(cc3ccc4cccc5ccc2c3c45)[C@@H](O)[C@H](O)[C@@H]1O. The molecule has 26 heavy (non-hydrogen) atoms. The van der Waals surface area contributed by atoms with Crippen molar-refractivity contribution in [3.63, 3.8) is 0 Å². The van der Waals surface area contributed by atoms with Crippen LogP contribution < -0.4 is 0 Å². The zero-order valence-electron chi connectivity index (χ0n) is 13.6. The molecule has 1 aliphatic rings. The van der Waals surface area contributed by atoms with Crippen molar-refractivity contribution >= 4 is 32.3 Å². The number of aliphatic hydroxyl groups is 3. The molecule has 0 fully saturated rings. The first-order valence-electron chi connectivity index (χ1n) is 8.40. The van der Waals surface area contributed by atoms with Crippen LogP contribution in [0.4, 0.5) is 0 Å². The molecule has 5 rings (SSSR count). The van der Waals surface area contributed by atoms with Crippen molar-refractivity contribution in [3.05, 3.63) is 70.1 Å². The Morgan fingerprint density at radius 2 is 1.54 bits per heavy atom. The fourth-order valence-corrected chi connectivity index (χ4v) is 4.34. The van der Waals surface area contributed by atoms with E-state index in [9.17, 15) is 15.3 Å². The summed E-state index contributed by atoms with van der Waals surface area (Å²) >= 11 is 0. The van der Waals surface area contributed by atoms with Gasteiger partial charge >= 0.3 is 0 Å². The first-order chi connectivity index (χ1) is 12.6. The van der Waals surface area contributed by atoms with E-state index in [1.165, 1.54) is 0 Å². The largest absolute Gasteiger partial charge is 0.390 e. The fraction of sp³-hybridized carbons (Fsp3) is 0.200. The number of aliphatic hydroxyl groups excluding tert-OH is 3. The van der Waals surface area contributed by atoms with E-state index >= 15 is 0 Å². The van der Waals surface area contributed by atoms with Crippen molar-refractivity contribution in [2.75, 3.05) is 0 Å². The molecular formula is C20H15N3O3. The summed E-state index contributed by atoms with van der Waals surface area (Å²) in [7, 11) is 0. The molecule has 0 unspecified atom stereocenters. The van der Waals surface area contributed by atoms with E-state index in [1.807, 2.05) is 48.5 Å². The lowest BCUT2D eigenvalue weighted by Gasteiger charge is -2.36. The third kappa shape index (κ3) is 1.84. The molecule has 3 N–H and O–H groups in total. The molecule has 0 spiro atoms. The van der Waals surface area contributed by atoms with Gasteiger partial charge in [0.1, 0.15) is 12.2 Å². The summed E-state index contributed by atoms with van der Waals surface area (Å²) in [5.41, 5.74) is 10.0. The third-order valence-corrected chi connectivity index (χ3v) is 5.51. The summed E-state index contributed by atoms with van der Waals surface area (Å²) in [5.74, 6) is 0. The van der Waals surface area contributed by atoms with Gasteiger partial charge in [0.2, 0.25) is 0 Å². The highest BCUT2D eigenvalue weighted by atomic mass is 16.4. The number of benzene rings is 4. The van der Waals surface area contributed by atoms with Gasteiger partial charge < -0.3 is 15.3 Å². The van der Waals surface area contributed by atoms with Gasteiger partial charge in [-0.2, -0.15) is 0 Å². The molecule has 0 heterocycles. The highest BCUT2D eigenvalue weighted by Gasteiger charge is 2.41. The molecule has 6 nitrogen and oxygen atoms in total. The standard InChI is InChI=1S/C20H15N3O3/c21-23-22-17-16-12-7-6-10-3-1-2-9-4-5-11(15(12)14(9)10)8-13(16)18(24)20(26)19(17)25/h1-8,17-20,24-26H/t17-,18+,19+,20-/m0/s1. The Balaban J connectivity index is 2.00. The number of rotatable bonds is 1. The minimum atomic E-state index is -1.41. The van der Waals surface area contributed by atoms with Crippen LogP contribution in [-0.2, 0) is 0 Å². The molecule has 0 aromatic heterocycles. The quantitative estimate of drug-likeness (QED) is 0.212. The van der Waals surface area contributed by atoms with Crippen LogP contribution >= 0.6 is 0 Å². The second-order valence-electron chi connectivity index (χ2n) is 6.81. The van der Waals surface area contributed by atoms with E-state index in [0.717, 1.165) is 32.3 Å². The van der Waals surface area contributed by atoms with Crippen LogP contribution in [0, 0.1) is 0 Å². The van der Waals surface area contributed by atoms with E-state index in [4.69, 9.17) is 5.53 Å². The number of fused-ring (bicyclic) bond motifs is 2. The summed E-state index contributed by atoms with van der Waals surface area (Å²) in [5, 5.41) is 40.9. The summed E-state index contributed by atoms with van der Waals surface area (Å²) in [6, 6.07) is 14.9. The average Bonchev–Trinajstić information content (AvgIpc) is 2.67. The maximum absolute atomic E-state index is 10.5. The van der Waals surface area contributed by atoms with Gasteiger partial charge in [-0.25, -0.2) is 0 Å². The smallest absolute Gasteiger partial charge is 0.111 e. The Labute approximate surface area is 147 Å². The summed E-state index contributed by atoms with van der Waals surface area (Å²) in [6.07, 6.45) is -4.02. The summed E-state index contributed by atoms with van der Waals surface area (Å²) in [4.78, 5) is 2.85. The molecule has 1 aliphatic carbocycles. The predicted octanol–water partition coefficient (Wildman–Crippen LogP) is 3.70. The number of hydrogen-bond donors (Lipinski definition) is 3. The van der Waals surface area contributed by atoms with Crippen molar-refractivity contribution in [2.24, 2.45) is 5.11 Å². The van der Waals surface area contributed by atoms with Crippen LogP contribution in [0.25, 0.3) is 42.8 Å². The van der Waals surface area contributed by atoms with Gasteiger partial charge in [0, 0.05) is 4.91 Å². The van der Waals surface area contributed by atoms with E-state index < -0.39 is 24.4 Å². The van der Waals surface area contributed by atoms with Gasteiger partial charge in [-0.1, -0.05) is 47.6 Å². The van der Waals surface area contributed by atoms with Crippen molar-refractivity contribution in [3.8, 4) is 0 Å². The zero-order valence-corrected chi connectivity index (χ0v) is 13.6. The lowest BCUT2D eigenvalue weighted by atomic mass is 9.77. The maximum Gasteiger partial charge on any atom is 0.111 e. The summed E-state index contributed by atoms with van der Waals surface area (Å²) in [6.45, 7) is 0. The minimum absolute atomic E-state index is 0.492. The van der Waals surface area contributed by atoms with Crippen molar-refractivity contribution in [1.29, 1.82) is 0 Å². The van der Waals surface area contributed by atoms with Gasteiger partial charge in [-0.05, 0) is 55.0 Å². The van der Waals surface area contributed by atoms with E-state index in [-0.39, 0.29) is 0 Å². The first-order valence-corrected chi connectivity index (χ1v) is 8.40. The molecule has 4 atom stereocenters. The van der Waals surface area contributed by atoms with Gasteiger partial charge in [-0.3, -0.25) is 0 Å². The molecule has 0 saturated carbocycles. The Morgan fingerprint density at radius 1 is 0.846 bits per heavy atom. The zero-order chi connectivity index (χ0) is 18.0. The third-order valence-electron chi connectivity index (χ3n) is 5.51. The molecule has 0 aliphatic heterocycles. The molecule has 4 aromatic carbocycles.